The number of aromatic carboxylic acids is 1. The summed E-state index contributed by atoms with van der Waals surface area (Å²) in [6.07, 6.45) is 0. The number of carbonyl (C=O) groups excluding carboxylic acids is 1. The number of carbonyl (C=O) groups is 2. The molecule has 2 heterocycles. The minimum absolute atomic E-state index is 0.112. The summed E-state index contributed by atoms with van der Waals surface area (Å²) in [6, 6.07) is 2.82. The summed E-state index contributed by atoms with van der Waals surface area (Å²) in [5.41, 5.74) is 0. The topological polar surface area (TPSA) is 105 Å². The molecule has 0 unspecified atom stereocenters. The van der Waals surface area contributed by atoms with Crippen molar-refractivity contribution in [1.29, 1.82) is 0 Å². The molecule has 82 valence electrons. The van der Waals surface area contributed by atoms with Gasteiger partial charge in [-0.25, -0.2) is 4.79 Å². The van der Waals surface area contributed by atoms with Gasteiger partial charge in [0, 0.05) is 11.5 Å². The molecule has 0 aromatic carbocycles. The van der Waals surface area contributed by atoms with E-state index in [2.05, 4.69) is 20.1 Å². The largest absolute Gasteiger partial charge is 0.477 e. The Labute approximate surface area is 96.9 Å². The summed E-state index contributed by atoms with van der Waals surface area (Å²) < 4.78 is 3.48. The molecule has 9 heteroatoms. The lowest BCUT2D eigenvalue weighted by Gasteiger charge is -1.95. The van der Waals surface area contributed by atoms with Gasteiger partial charge in [0.15, 0.2) is 0 Å². The molecule has 1 amide bonds. The van der Waals surface area contributed by atoms with Gasteiger partial charge in [0.05, 0.1) is 4.88 Å². The van der Waals surface area contributed by atoms with Crippen LogP contribution in [0.1, 0.15) is 19.3 Å². The van der Waals surface area contributed by atoms with E-state index >= 15 is 0 Å². The highest BCUT2D eigenvalue weighted by atomic mass is 32.1. The molecule has 2 aromatic heterocycles. The number of aromatic nitrogens is 3. The molecule has 0 aliphatic carbocycles. The Kier molecular flexibility index (Phi) is 2.88. The molecule has 0 saturated carbocycles. The second-order valence-corrected chi connectivity index (χ2v) is 4.41. The van der Waals surface area contributed by atoms with Gasteiger partial charge in [-0.2, -0.15) is 0 Å². The van der Waals surface area contributed by atoms with Crippen LogP contribution in [0.2, 0.25) is 0 Å². The van der Waals surface area contributed by atoms with Crippen molar-refractivity contribution in [2.45, 2.75) is 0 Å². The van der Waals surface area contributed by atoms with E-state index in [9.17, 15) is 9.59 Å². The minimum Gasteiger partial charge on any atom is -0.477 e. The first-order valence-electron chi connectivity index (χ1n) is 3.96. The molecule has 0 bridgehead atoms. The molecule has 0 fully saturated rings. The highest BCUT2D eigenvalue weighted by molar-refractivity contribution is 7.16. The van der Waals surface area contributed by atoms with Crippen molar-refractivity contribution >= 4 is 39.9 Å². The summed E-state index contributed by atoms with van der Waals surface area (Å²) in [5, 5.41) is 18.3. The number of carboxylic acids is 1. The monoisotopic (exact) mass is 256 g/mol. The third-order valence-corrected chi connectivity index (χ3v) is 3.14. The number of anilines is 1. The first-order valence-corrected chi connectivity index (χ1v) is 5.55. The number of nitrogens with one attached hydrogen (secondary N) is 1. The quantitative estimate of drug-likeness (QED) is 0.846. The van der Waals surface area contributed by atoms with Crippen LogP contribution in [0.5, 0.6) is 0 Å². The third-order valence-electron chi connectivity index (χ3n) is 1.56. The summed E-state index contributed by atoms with van der Waals surface area (Å²) in [7, 11) is 0. The Morgan fingerprint density at radius 2 is 2.06 bits per heavy atom. The lowest BCUT2D eigenvalue weighted by atomic mass is 10.4. The maximum absolute atomic E-state index is 11.6. The van der Waals surface area contributed by atoms with Crippen molar-refractivity contribution < 1.29 is 14.7 Å². The highest BCUT2D eigenvalue weighted by Crippen LogP contribution is 2.18. The molecule has 2 rings (SSSR count). The molecule has 0 atom stereocenters. The fourth-order valence-corrected chi connectivity index (χ4v) is 2.02. The third kappa shape index (κ3) is 2.20. The van der Waals surface area contributed by atoms with E-state index in [1.54, 1.807) is 0 Å². The second kappa shape index (κ2) is 4.33. The zero-order chi connectivity index (χ0) is 11.5. The van der Waals surface area contributed by atoms with Gasteiger partial charge < -0.3 is 5.11 Å². The van der Waals surface area contributed by atoms with Crippen LogP contribution in [0.25, 0.3) is 0 Å². The standard InChI is InChI=1S/C7H4N4O3S2/c12-5(8-7-9-10-11-16-7)3-1-2-4(15-3)6(13)14/h1-2H,(H,13,14)(H,8,9,11,12). The summed E-state index contributed by atoms with van der Waals surface area (Å²) >= 11 is 1.84. The number of hydrogen-bond acceptors (Lipinski definition) is 7. The predicted octanol–water partition coefficient (Wildman–Crippen LogP) is 0.945. The number of carboxylic acid groups (broad SMARTS) is 1. The molecule has 0 aliphatic heterocycles. The van der Waals surface area contributed by atoms with Gasteiger partial charge in [-0.05, 0) is 17.3 Å². The Morgan fingerprint density at radius 1 is 1.31 bits per heavy atom. The van der Waals surface area contributed by atoms with E-state index in [4.69, 9.17) is 5.11 Å². The molecule has 0 spiro atoms. The van der Waals surface area contributed by atoms with E-state index < -0.39 is 11.9 Å². The maximum Gasteiger partial charge on any atom is 0.345 e. The molecule has 2 N–H and O–H groups in total. The highest BCUT2D eigenvalue weighted by Gasteiger charge is 2.14. The number of nitrogens with zero attached hydrogens (tertiary/aromatic N) is 3. The minimum atomic E-state index is -1.05. The van der Waals surface area contributed by atoms with Crippen LogP contribution in [0.4, 0.5) is 5.13 Å². The smallest absolute Gasteiger partial charge is 0.345 e. The van der Waals surface area contributed by atoms with Crippen molar-refractivity contribution in [1.82, 2.24) is 14.8 Å². The summed E-state index contributed by atoms with van der Waals surface area (Å²) in [5.74, 6) is -1.47. The van der Waals surface area contributed by atoms with E-state index in [-0.39, 0.29) is 10.0 Å². The Bertz CT molecular complexity index is 521. The first kappa shape index (κ1) is 10.6. The van der Waals surface area contributed by atoms with Gasteiger partial charge in [0.1, 0.15) is 4.88 Å². The molecule has 0 aliphatic rings. The number of rotatable bonds is 3. The summed E-state index contributed by atoms with van der Waals surface area (Å²) in [6.45, 7) is 0. The van der Waals surface area contributed by atoms with Crippen molar-refractivity contribution in [3.63, 3.8) is 0 Å². The average Bonchev–Trinajstić information content (AvgIpc) is 2.86. The van der Waals surface area contributed by atoms with Crippen molar-refractivity contribution in [3.8, 4) is 0 Å². The van der Waals surface area contributed by atoms with Crippen molar-refractivity contribution in [2.75, 3.05) is 5.32 Å². The van der Waals surface area contributed by atoms with E-state index in [1.165, 1.54) is 12.1 Å². The van der Waals surface area contributed by atoms with Gasteiger partial charge in [-0.15, -0.1) is 11.3 Å². The predicted molar refractivity (Wildman–Crippen MR) is 56.9 cm³/mol. The van der Waals surface area contributed by atoms with Crippen LogP contribution in [-0.2, 0) is 0 Å². The Hall–Kier alpha value is -1.87. The van der Waals surface area contributed by atoms with Crippen molar-refractivity contribution in [3.05, 3.63) is 21.9 Å². The van der Waals surface area contributed by atoms with E-state index in [0.717, 1.165) is 22.9 Å². The molecule has 16 heavy (non-hydrogen) atoms. The van der Waals surface area contributed by atoms with Crippen molar-refractivity contribution in [2.24, 2.45) is 0 Å². The van der Waals surface area contributed by atoms with E-state index in [1.807, 2.05) is 0 Å². The molecule has 2 aromatic rings. The molecular weight excluding hydrogens is 252 g/mol. The molecule has 0 saturated heterocycles. The lowest BCUT2D eigenvalue weighted by molar-refractivity contribution is 0.0702. The van der Waals surface area contributed by atoms with Gasteiger partial charge in [0.2, 0.25) is 5.13 Å². The average molecular weight is 256 g/mol. The number of thiophene rings is 1. The SMILES string of the molecule is O=C(O)c1ccc(C(=O)Nc2nnns2)s1. The zero-order valence-electron chi connectivity index (χ0n) is 7.58. The van der Waals surface area contributed by atoms with Gasteiger partial charge in [-0.1, -0.05) is 9.59 Å². The molecule has 7 nitrogen and oxygen atoms in total. The lowest BCUT2D eigenvalue weighted by Crippen LogP contribution is -2.09. The van der Waals surface area contributed by atoms with Gasteiger partial charge >= 0.3 is 5.97 Å². The van der Waals surface area contributed by atoms with Crippen LogP contribution < -0.4 is 5.32 Å². The summed E-state index contributed by atoms with van der Waals surface area (Å²) in [4.78, 5) is 22.6. The fraction of sp³-hybridized carbons (Fsp3) is 0. The molecular formula is C7H4N4O3S2. The number of amides is 1. The van der Waals surface area contributed by atoms with Crippen LogP contribution >= 0.6 is 22.9 Å². The van der Waals surface area contributed by atoms with Crippen LogP contribution in [-0.4, -0.2) is 31.8 Å². The Morgan fingerprint density at radius 3 is 2.62 bits per heavy atom. The first-order chi connectivity index (χ1) is 7.66. The van der Waals surface area contributed by atoms with Crippen LogP contribution in [0.3, 0.4) is 0 Å². The zero-order valence-corrected chi connectivity index (χ0v) is 9.21. The number of hydrogen-bond donors (Lipinski definition) is 2. The molecule has 0 radical (unpaired) electrons. The fourth-order valence-electron chi connectivity index (χ4n) is 0.915. The maximum atomic E-state index is 11.6. The van der Waals surface area contributed by atoms with Gasteiger partial charge in [0.25, 0.3) is 5.91 Å². The van der Waals surface area contributed by atoms with Crippen LogP contribution in [0.15, 0.2) is 12.1 Å². The normalized spacial score (nSPS) is 10.0. The second-order valence-electron chi connectivity index (χ2n) is 2.59. The van der Waals surface area contributed by atoms with Crippen LogP contribution in [0, 0.1) is 0 Å². The van der Waals surface area contributed by atoms with E-state index in [0.29, 0.717) is 4.88 Å². The Balaban J connectivity index is 2.12. The van der Waals surface area contributed by atoms with Gasteiger partial charge in [-0.3, -0.25) is 10.1 Å².